The van der Waals surface area contributed by atoms with E-state index in [9.17, 15) is 8.42 Å². The van der Waals surface area contributed by atoms with Crippen LogP contribution in [0.2, 0.25) is 0 Å². The molecule has 0 unspecified atom stereocenters. The number of hydrogen-bond acceptors (Lipinski definition) is 3. The zero-order valence-electron chi connectivity index (χ0n) is 6.27. The molecular formula is C7H5BrO2S3. The van der Waals surface area contributed by atoms with Crippen molar-refractivity contribution >= 4 is 54.1 Å². The van der Waals surface area contributed by atoms with Crippen molar-refractivity contribution in [1.29, 1.82) is 0 Å². The van der Waals surface area contributed by atoms with E-state index in [1.165, 1.54) is 12.1 Å². The summed E-state index contributed by atoms with van der Waals surface area (Å²) in [5.74, 6) is 0. The van der Waals surface area contributed by atoms with Gasteiger partial charge in [0.05, 0.1) is 4.90 Å². The summed E-state index contributed by atoms with van der Waals surface area (Å²) >= 11 is 11.4. The Hall–Kier alpha value is 0.0900. The highest BCUT2D eigenvalue weighted by Gasteiger charge is 2.16. The second-order valence-corrected chi connectivity index (χ2v) is 6.74. The second-order valence-electron chi connectivity index (χ2n) is 2.22. The first kappa shape index (κ1) is 11.2. The summed E-state index contributed by atoms with van der Waals surface area (Å²) in [6.45, 7) is 0. The molecule has 0 aliphatic carbocycles. The number of hydrogen-bond donors (Lipinski definition) is 1. The minimum absolute atomic E-state index is 0.163. The number of rotatable bonds is 1. The molecule has 0 saturated carbocycles. The maximum Gasteiger partial charge on any atom is 0.222 e. The Labute approximate surface area is 95.8 Å². The van der Waals surface area contributed by atoms with Gasteiger partial charge in [0.1, 0.15) is 0 Å². The van der Waals surface area contributed by atoms with E-state index < -0.39 is 9.84 Å². The molecule has 0 aromatic heterocycles. The van der Waals surface area contributed by atoms with E-state index in [0.717, 1.165) is 4.47 Å². The van der Waals surface area contributed by atoms with Crippen molar-refractivity contribution in [3.8, 4) is 0 Å². The van der Waals surface area contributed by atoms with Crippen LogP contribution in [-0.4, -0.2) is 11.9 Å². The van der Waals surface area contributed by atoms with Crippen molar-refractivity contribution in [3.05, 3.63) is 28.7 Å². The lowest BCUT2D eigenvalue weighted by atomic mass is 10.4. The molecule has 1 rings (SSSR count). The normalized spacial score (nSPS) is 11.2. The summed E-state index contributed by atoms with van der Waals surface area (Å²) in [7, 11) is -3.52. The van der Waals surface area contributed by atoms with E-state index in [2.05, 4.69) is 40.8 Å². The van der Waals surface area contributed by atoms with Gasteiger partial charge in [-0.2, -0.15) is 0 Å². The molecule has 6 heteroatoms. The summed E-state index contributed by atoms with van der Waals surface area (Å²) in [6.07, 6.45) is 0. The quantitative estimate of drug-likeness (QED) is 0.638. The molecule has 0 N–H and O–H groups in total. The van der Waals surface area contributed by atoms with Crippen LogP contribution in [0.15, 0.2) is 33.6 Å². The van der Waals surface area contributed by atoms with Crippen LogP contribution in [0.5, 0.6) is 0 Å². The standard InChI is InChI=1S/C7H5BrO2S3/c8-5-1-3-6(4-2-5)13(9,10)7(11)12/h1-4H,(H,11,12). The first-order chi connectivity index (χ1) is 5.94. The average molecular weight is 297 g/mol. The molecule has 0 atom stereocenters. The Kier molecular flexibility index (Phi) is 3.50. The number of sulfone groups is 1. The Bertz CT molecular complexity index is 422. The van der Waals surface area contributed by atoms with Crippen LogP contribution in [0, 0.1) is 0 Å². The van der Waals surface area contributed by atoms with Gasteiger partial charge in [0.15, 0.2) is 3.53 Å². The Morgan fingerprint density at radius 3 is 2.15 bits per heavy atom. The molecule has 0 saturated heterocycles. The summed E-state index contributed by atoms with van der Waals surface area (Å²) in [6, 6.07) is 6.22. The third-order valence-electron chi connectivity index (χ3n) is 1.35. The second kappa shape index (κ2) is 4.08. The molecule has 0 amide bonds. The minimum atomic E-state index is -3.52. The smallest absolute Gasteiger partial charge is 0.217 e. The predicted molar refractivity (Wildman–Crippen MR) is 62.9 cm³/mol. The van der Waals surface area contributed by atoms with Gasteiger partial charge in [0.2, 0.25) is 9.84 Å². The summed E-state index contributed by atoms with van der Waals surface area (Å²) in [5, 5.41) is 0. The topological polar surface area (TPSA) is 34.1 Å². The highest BCUT2D eigenvalue weighted by atomic mass is 79.9. The zero-order chi connectivity index (χ0) is 10.1. The molecule has 13 heavy (non-hydrogen) atoms. The Morgan fingerprint density at radius 1 is 1.31 bits per heavy atom. The van der Waals surface area contributed by atoms with Crippen LogP contribution in [0.1, 0.15) is 0 Å². The lowest BCUT2D eigenvalue weighted by molar-refractivity contribution is 0.608. The Balaban J connectivity index is 3.25. The molecule has 70 valence electrons. The molecule has 2 nitrogen and oxygen atoms in total. The van der Waals surface area contributed by atoms with Gasteiger partial charge in [-0.05, 0) is 24.3 Å². The SMILES string of the molecule is O=S(=O)(C(=S)S)c1ccc(Br)cc1. The maximum atomic E-state index is 11.4. The molecule has 0 fully saturated rings. The van der Waals surface area contributed by atoms with Gasteiger partial charge in [-0.25, -0.2) is 8.42 Å². The molecule has 0 radical (unpaired) electrons. The van der Waals surface area contributed by atoms with Gasteiger partial charge in [0, 0.05) is 4.47 Å². The van der Waals surface area contributed by atoms with E-state index in [0.29, 0.717) is 0 Å². The zero-order valence-corrected chi connectivity index (χ0v) is 10.4. The third-order valence-corrected chi connectivity index (χ3v) is 4.61. The summed E-state index contributed by atoms with van der Waals surface area (Å²) in [5.41, 5.74) is 0. The number of thiol groups is 1. The molecular weight excluding hydrogens is 292 g/mol. The number of thiocarbonyl (C=S) groups is 1. The first-order valence-electron chi connectivity index (χ1n) is 3.18. The summed E-state index contributed by atoms with van der Waals surface area (Å²) in [4.78, 5) is 0.163. The van der Waals surface area contributed by atoms with Crippen LogP contribution >= 0.6 is 40.8 Å². The van der Waals surface area contributed by atoms with Crippen molar-refractivity contribution in [2.45, 2.75) is 4.90 Å². The fraction of sp³-hybridized carbons (Fsp3) is 0. The third kappa shape index (κ3) is 2.52. The van der Waals surface area contributed by atoms with E-state index in [-0.39, 0.29) is 8.42 Å². The monoisotopic (exact) mass is 296 g/mol. The van der Waals surface area contributed by atoms with Crippen molar-refractivity contribution in [1.82, 2.24) is 0 Å². The minimum Gasteiger partial charge on any atom is -0.217 e. The average Bonchev–Trinajstić information content (AvgIpc) is 2.04. The molecule has 0 heterocycles. The highest BCUT2D eigenvalue weighted by Crippen LogP contribution is 2.17. The molecule has 0 spiro atoms. The summed E-state index contributed by atoms with van der Waals surface area (Å²) < 4.78 is 23.3. The van der Waals surface area contributed by atoms with Crippen molar-refractivity contribution in [3.63, 3.8) is 0 Å². The van der Waals surface area contributed by atoms with Crippen LogP contribution in [0.4, 0.5) is 0 Å². The van der Waals surface area contributed by atoms with Crippen LogP contribution in [0.3, 0.4) is 0 Å². The number of benzene rings is 1. The van der Waals surface area contributed by atoms with Gasteiger partial charge in [-0.3, -0.25) is 0 Å². The molecule has 0 aliphatic heterocycles. The van der Waals surface area contributed by atoms with Gasteiger partial charge in [-0.1, -0.05) is 28.1 Å². The fourth-order valence-corrected chi connectivity index (χ4v) is 2.28. The largest absolute Gasteiger partial charge is 0.222 e. The lowest BCUT2D eigenvalue weighted by Gasteiger charge is -2.00. The maximum absolute atomic E-state index is 11.4. The van der Waals surface area contributed by atoms with E-state index in [4.69, 9.17) is 0 Å². The fourth-order valence-electron chi connectivity index (χ4n) is 0.715. The van der Waals surface area contributed by atoms with Crippen molar-refractivity contribution in [2.24, 2.45) is 0 Å². The molecule has 0 aliphatic rings. The molecule has 1 aromatic carbocycles. The number of halogens is 1. The van der Waals surface area contributed by atoms with Gasteiger partial charge < -0.3 is 0 Å². The van der Waals surface area contributed by atoms with Gasteiger partial charge in [-0.15, -0.1) is 12.6 Å². The van der Waals surface area contributed by atoms with Crippen LogP contribution in [-0.2, 0) is 9.84 Å². The molecule has 1 aromatic rings. The Morgan fingerprint density at radius 2 is 1.77 bits per heavy atom. The van der Waals surface area contributed by atoms with Gasteiger partial charge in [0.25, 0.3) is 0 Å². The molecule has 0 bridgehead atoms. The lowest BCUT2D eigenvalue weighted by Crippen LogP contribution is -2.06. The van der Waals surface area contributed by atoms with E-state index in [1.54, 1.807) is 12.1 Å². The van der Waals surface area contributed by atoms with E-state index >= 15 is 0 Å². The van der Waals surface area contributed by atoms with Crippen LogP contribution in [0.25, 0.3) is 0 Å². The van der Waals surface area contributed by atoms with E-state index in [1.807, 2.05) is 0 Å². The van der Waals surface area contributed by atoms with Gasteiger partial charge >= 0.3 is 0 Å². The van der Waals surface area contributed by atoms with Crippen molar-refractivity contribution in [2.75, 3.05) is 0 Å². The van der Waals surface area contributed by atoms with Crippen LogP contribution < -0.4 is 0 Å². The first-order valence-corrected chi connectivity index (χ1v) is 6.31. The highest BCUT2D eigenvalue weighted by molar-refractivity contribution is 9.10. The predicted octanol–water partition coefficient (Wildman–Crippen LogP) is 2.44. The van der Waals surface area contributed by atoms with Crippen molar-refractivity contribution < 1.29 is 8.42 Å².